The zero-order valence-corrected chi connectivity index (χ0v) is 12.8. The molecule has 0 spiro atoms. The predicted molar refractivity (Wildman–Crippen MR) is 82.3 cm³/mol. The van der Waals surface area contributed by atoms with Crippen molar-refractivity contribution in [2.45, 2.75) is 26.2 Å². The van der Waals surface area contributed by atoms with Gasteiger partial charge in [-0.25, -0.2) is 18.7 Å². The van der Waals surface area contributed by atoms with Gasteiger partial charge in [0.15, 0.2) is 11.5 Å². The van der Waals surface area contributed by atoms with Crippen LogP contribution in [0.5, 0.6) is 5.75 Å². The van der Waals surface area contributed by atoms with Crippen LogP contribution >= 0.6 is 0 Å². The van der Waals surface area contributed by atoms with Crippen molar-refractivity contribution >= 4 is 11.7 Å². The molecule has 0 radical (unpaired) electrons. The van der Waals surface area contributed by atoms with Crippen LogP contribution in [0.15, 0.2) is 30.2 Å². The van der Waals surface area contributed by atoms with E-state index in [1.807, 2.05) is 0 Å². The normalized spacial score (nSPS) is 11.7. The Balaban J connectivity index is 1.98. The maximum absolute atomic E-state index is 12.7. The Morgan fingerprint density at radius 2 is 2.35 bits per heavy atom. The first-order valence-corrected chi connectivity index (χ1v) is 7.35. The highest BCUT2D eigenvalue weighted by atomic mass is 19.1. The molecule has 2 aromatic heterocycles. The second-order valence-electron chi connectivity index (χ2n) is 5.01. The van der Waals surface area contributed by atoms with Gasteiger partial charge in [-0.2, -0.15) is 5.10 Å². The number of amides is 1. The first kappa shape index (κ1) is 16.7. The topological polar surface area (TPSA) is 88.8 Å². The Labute approximate surface area is 132 Å². The average molecular weight is 322 g/mol. The minimum Gasteiger partial charge on any atom is -0.487 e. The van der Waals surface area contributed by atoms with Gasteiger partial charge in [-0.1, -0.05) is 13.3 Å². The van der Waals surface area contributed by atoms with Gasteiger partial charge < -0.3 is 15.2 Å². The molecular weight excluding hydrogens is 303 g/mol. The molecule has 0 aliphatic heterocycles. The number of carboxylic acid groups (broad SMARTS) is 1. The van der Waals surface area contributed by atoms with Gasteiger partial charge in [-0.15, -0.1) is 0 Å². The number of ether oxygens (including phenoxy) is 1. The molecule has 0 saturated carbocycles. The lowest BCUT2D eigenvalue weighted by Gasteiger charge is -2.08. The van der Waals surface area contributed by atoms with Gasteiger partial charge in [0.1, 0.15) is 12.4 Å². The summed E-state index contributed by atoms with van der Waals surface area (Å²) in [5, 5.41) is 15.0. The third kappa shape index (κ3) is 4.94. The molecule has 23 heavy (non-hydrogen) atoms. The number of hydrogen-bond donors (Lipinski definition) is 2. The highest BCUT2D eigenvalue weighted by Crippen LogP contribution is 2.14. The molecule has 2 rings (SSSR count). The molecule has 8 heteroatoms. The third-order valence-electron chi connectivity index (χ3n) is 3.15. The number of nitrogens with one attached hydrogen (secondary N) is 1. The average Bonchev–Trinajstić information content (AvgIpc) is 2.94. The number of nitrogens with zero attached hydrogens (tertiary/aromatic N) is 3. The Morgan fingerprint density at radius 3 is 3.04 bits per heavy atom. The van der Waals surface area contributed by atoms with E-state index in [0.717, 1.165) is 30.7 Å². The van der Waals surface area contributed by atoms with Gasteiger partial charge >= 0.3 is 6.09 Å². The van der Waals surface area contributed by atoms with Crippen LogP contribution < -0.4 is 10.1 Å². The van der Waals surface area contributed by atoms with Crippen molar-refractivity contribution in [2.24, 2.45) is 0 Å². The first-order valence-electron chi connectivity index (χ1n) is 7.35. The summed E-state index contributed by atoms with van der Waals surface area (Å²) in [5.41, 5.74) is 0.909. The van der Waals surface area contributed by atoms with Crippen LogP contribution in [0, 0.1) is 0 Å². The molecule has 0 atom stereocenters. The summed E-state index contributed by atoms with van der Waals surface area (Å²) in [6.07, 6.45) is 3.72. The highest BCUT2D eigenvalue weighted by molar-refractivity contribution is 5.64. The lowest BCUT2D eigenvalue weighted by Crippen LogP contribution is -2.25. The Morgan fingerprint density at radius 1 is 1.52 bits per heavy atom. The van der Waals surface area contributed by atoms with Gasteiger partial charge in [0, 0.05) is 18.5 Å². The molecule has 0 aliphatic rings. The van der Waals surface area contributed by atoms with Crippen LogP contribution in [0.3, 0.4) is 0 Å². The summed E-state index contributed by atoms with van der Waals surface area (Å²) < 4.78 is 19.8. The van der Waals surface area contributed by atoms with Crippen molar-refractivity contribution in [3.8, 4) is 5.75 Å². The van der Waals surface area contributed by atoms with Crippen LogP contribution in [-0.2, 0) is 6.42 Å². The molecule has 2 aromatic rings. The fourth-order valence-electron chi connectivity index (χ4n) is 1.92. The number of fused-ring (bicyclic) bond motifs is 1. The number of unbranched alkanes of at least 4 members (excludes halogenated alkanes) is 1. The predicted octanol–water partition coefficient (Wildman–Crippen LogP) is 2.57. The van der Waals surface area contributed by atoms with Crippen molar-refractivity contribution in [3.63, 3.8) is 0 Å². The van der Waals surface area contributed by atoms with E-state index < -0.39 is 6.09 Å². The zero-order chi connectivity index (χ0) is 16.7. The summed E-state index contributed by atoms with van der Waals surface area (Å²) in [6.45, 7) is 1.93. The molecule has 1 amide bonds. The standard InChI is InChI=1S/C15H19FN4O3/c1-2-3-4-13-18-14-6-5-12(9-20(14)19-13)23-10-11(7-16)8-17-15(21)22/h5-7,9,17H,2-4,8,10H2,1H3,(H,21,22). The number of pyridine rings is 1. The van der Waals surface area contributed by atoms with Crippen LogP contribution in [0.4, 0.5) is 9.18 Å². The summed E-state index contributed by atoms with van der Waals surface area (Å²) in [6, 6.07) is 3.49. The fraction of sp³-hybridized carbons (Fsp3) is 0.400. The second-order valence-corrected chi connectivity index (χ2v) is 5.01. The zero-order valence-electron chi connectivity index (χ0n) is 12.8. The molecule has 2 N–H and O–H groups in total. The van der Waals surface area contributed by atoms with Crippen molar-refractivity contribution in [3.05, 3.63) is 36.1 Å². The van der Waals surface area contributed by atoms with E-state index in [9.17, 15) is 9.18 Å². The summed E-state index contributed by atoms with van der Waals surface area (Å²) in [5.74, 6) is 1.28. The number of rotatable bonds is 8. The van der Waals surface area contributed by atoms with Crippen molar-refractivity contribution in [2.75, 3.05) is 13.2 Å². The maximum atomic E-state index is 12.7. The van der Waals surface area contributed by atoms with E-state index in [-0.39, 0.29) is 18.7 Å². The van der Waals surface area contributed by atoms with E-state index in [0.29, 0.717) is 12.1 Å². The largest absolute Gasteiger partial charge is 0.487 e. The number of aryl methyl sites for hydroxylation is 1. The summed E-state index contributed by atoms with van der Waals surface area (Å²) >= 11 is 0. The lowest BCUT2D eigenvalue weighted by atomic mass is 10.2. The molecule has 0 aliphatic carbocycles. The number of hydrogen-bond acceptors (Lipinski definition) is 4. The molecule has 2 heterocycles. The molecular formula is C15H19FN4O3. The quantitative estimate of drug-likeness (QED) is 0.780. The van der Waals surface area contributed by atoms with E-state index in [1.165, 1.54) is 0 Å². The van der Waals surface area contributed by atoms with E-state index in [4.69, 9.17) is 9.84 Å². The minimum absolute atomic E-state index is 0.0559. The van der Waals surface area contributed by atoms with Gasteiger partial charge in [-0.3, -0.25) is 0 Å². The molecule has 0 aromatic carbocycles. The van der Waals surface area contributed by atoms with Crippen molar-refractivity contribution in [1.29, 1.82) is 0 Å². The molecule has 0 unspecified atom stereocenters. The van der Waals surface area contributed by atoms with E-state index in [2.05, 4.69) is 22.3 Å². The van der Waals surface area contributed by atoms with Crippen molar-refractivity contribution in [1.82, 2.24) is 19.9 Å². The van der Waals surface area contributed by atoms with E-state index >= 15 is 0 Å². The fourth-order valence-corrected chi connectivity index (χ4v) is 1.92. The SMILES string of the molecule is CCCCc1nc2ccc(OCC(=CF)CNC(=O)O)cn2n1. The molecule has 0 bridgehead atoms. The second kappa shape index (κ2) is 8.11. The number of carbonyl (C=O) groups is 1. The molecule has 0 saturated heterocycles. The first-order chi connectivity index (χ1) is 11.1. The van der Waals surface area contributed by atoms with E-state index in [1.54, 1.807) is 22.8 Å². The monoisotopic (exact) mass is 322 g/mol. The van der Waals surface area contributed by atoms with Gasteiger partial charge in [-0.05, 0) is 18.6 Å². The summed E-state index contributed by atoms with van der Waals surface area (Å²) in [7, 11) is 0. The van der Waals surface area contributed by atoms with Crippen LogP contribution in [0.25, 0.3) is 5.65 Å². The van der Waals surface area contributed by atoms with Crippen LogP contribution in [-0.4, -0.2) is 38.9 Å². The van der Waals surface area contributed by atoms with Crippen LogP contribution in [0.1, 0.15) is 25.6 Å². The number of aromatic nitrogens is 3. The third-order valence-corrected chi connectivity index (χ3v) is 3.15. The molecule has 7 nitrogen and oxygen atoms in total. The van der Waals surface area contributed by atoms with Crippen LogP contribution in [0.2, 0.25) is 0 Å². The van der Waals surface area contributed by atoms with Gasteiger partial charge in [0.25, 0.3) is 0 Å². The lowest BCUT2D eigenvalue weighted by molar-refractivity contribution is 0.195. The summed E-state index contributed by atoms with van der Waals surface area (Å²) in [4.78, 5) is 14.8. The molecule has 0 fully saturated rings. The van der Waals surface area contributed by atoms with Gasteiger partial charge in [0.2, 0.25) is 0 Å². The Hall–Kier alpha value is -2.64. The highest BCUT2D eigenvalue weighted by Gasteiger charge is 2.06. The van der Waals surface area contributed by atoms with Gasteiger partial charge in [0.05, 0.1) is 12.5 Å². The number of halogens is 1. The minimum atomic E-state index is -1.21. The van der Waals surface area contributed by atoms with Crippen molar-refractivity contribution < 1.29 is 19.0 Å². The Bertz CT molecular complexity index is 699. The Kier molecular flexibility index (Phi) is 5.90. The molecule has 124 valence electrons. The maximum Gasteiger partial charge on any atom is 0.404 e. The smallest absolute Gasteiger partial charge is 0.404 e.